The molecule has 0 bridgehead atoms. The zero-order valence-corrected chi connectivity index (χ0v) is 19.1. The van der Waals surface area contributed by atoms with Crippen LogP contribution >= 0.6 is 7.26 Å². The highest BCUT2D eigenvalue weighted by atomic mass is 31.2. The molecule has 0 unspecified atom stereocenters. The standard InChI is InChI=1S/C28H25O3P/c1-30-22-18-19-26(28(20-22)31-2)27(29)21-32(23-12-6-3-7-13-23,24-14-8-4-9-15-24)25-16-10-5-11-17-25/h3-21H,1-2H3/p+1/b27-21-. The SMILES string of the molecule is COc1ccc(/C(O)=C/[P+](c2ccccc2)(c2ccccc2)c2ccccc2)c(OC)c1. The molecule has 0 heterocycles. The van der Waals surface area contributed by atoms with E-state index in [2.05, 4.69) is 72.8 Å². The minimum absolute atomic E-state index is 0.175. The number of benzene rings is 4. The largest absolute Gasteiger partial charge is 0.504 e. The molecule has 0 aromatic heterocycles. The van der Waals surface area contributed by atoms with E-state index in [0.29, 0.717) is 17.1 Å². The van der Waals surface area contributed by atoms with E-state index in [-0.39, 0.29) is 5.76 Å². The lowest BCUT2D eigenvalue weighted by atomic mass is 10.1. The maximum absolute atomic E-state index is 11.5. The molecule has 3 nitrogen and oxygen atoms in total. The fraction of sp³-hybridized carbons (Fsp3) is 0.0714. The number of aliphatic hydroxyl groups is 1. The molecule has 0 saturated carbocycles. The van der Waals surface area contributed by atoms with Crippen molar-refractivity contribution < 1.29 is 14.6 Å². The lowest BCUT2D eigenvalue weighted by molar-refractivity contribution is 0.391. The van der Waals surface area contributed by atoms with Crippen LogP contribution in [0.2, 0.25) is 0 Å². The third kappa shape index (κ3) is 4.12. The zero-order valence-electron chi connectivity index (χ0n) is 18.2. The predicted molar refractivity (Wildman–Crippen MR) is 135 cm³/mol. The first kappa shape index (κ1) is 21.7. The second kappa shape index (κ2) is 9.72. The van der Waals surface area contributed by atoms with Crippen molar-refractivity contribution in [1.82, 2.24) is 0 Å². The van der Waals surface area contributed by atoms with Gasteiger partial charge in [0, 0.05) is 6.07 Å². The van der Waals surface area contributed by atoms with Gasteiger partial charge in [-0.05, 0) is 48.5 Å². The van der Waals surface area contributed by atoms with Gasteiger partial charge in [0.15, 0.2) is 5.76 Å². The van der Waals surface area contributed by atoms with Crippen molar-refractivity contribution >= 4 is 28.9 Å². The van der Waals surface area contributed by atoms with Crippen molar-refractivity contribution in [2.24, 2.45) is 0 Å². The molecule has 0 aliphatic heterocycles. The maximum Gasteiger partial charge on any atom is 0.162 e. The molecule has 1 N–H and O–H groups in total. The summed E-state index contributed by atoms with van der Waals surface area (Å²) in [7, 11) is 0.886. The normalized spacial score (nSPS) is 11.8. The van der Waals surface area contributed by atoms with Crippen LogP contribution in [-0.4, -0.2) is 19.3 Å². The Morgan fingerprint density at radius 3 is 1.53 bits per heavy atom. The summed E-state index contributed by atoms with van der Waals surface area (Å²) in [5.41, 5.74) is 0.625. The summed E-state index contributed by atoms with van der Waals surface area (Å²) in [6.07, 6.45) is 0. The summed E-state index contributed by atoms with van der Waals surface area (Å²) in [5, 5.41) is 15.0. The van der Waals surface area contributed by atoms with Crippen LogP contribution in [0.25, 0.3) is 5.76 Å². The molecule has 4 aromatic rings. The van der Waals surface area contributed by atoms with E-state index < -0.39 is 7.26 Å². The number of aliphatic hydroxyl groups excluding tert-OH is 1. The van der Waals surface area contributed by atoms with Gasteiger partial charge in [-0.15, -0.1) is 0 Å². The Balaban J connectivity index is 2.02. The van der Waals surface area contributed by atoms with Crippen LogP contribution in [0.15, 0.2) is 115 Å². The molecule has 32 heavy (non-hydrogen) atoms. The molecule has 0 atom stereocenters. The molecule has 0 saturated heterocycles. The third-order valence-corrected chi connectivity index (χ3v) is 9.46. The lowest BCUT2D eigenvalue weighted by Gasteiger charge is -2.24. The van der Waals surface area contributed by atoms with Crippen molar-refractivity contribution in [3.05, 3.63) is 121 Å². The first-order valence-electron chi connectivity index (χ1n) is 10.4. The first-order valence-corrected chi connectivity index (χ1v) is 12.2. The number of methoxy groups -OCH3 is 2. The van der Waals surface area contributed by atoms with E-state index in [4.69, 9.17) is 9.47 Å². The smallest absolute Gasteiger partial charge is 0.162 e. The van der Waals surface area contributed by atoms with Gasteiger partial charge in [0.05, 0.1) is 19.8 Å². The van der Waals surface area contributed by atoms with Gasteiger partial charge in [0.2, 0.25) is 0 Å². The Morgan fingerprint density at radius 1 is 0.656 bits per heavy atom. The molecule has 160 valence electrons. The van der Waals surface area contributed by atoms with Crippen molar-refractivity contribution in [3.8, 4) is 11.5 Å². The zero-order chi connectivity index (χ0) is 22.4. The highest BCUT2D eigenvalue weighted by Crippen LogP contribution is 2.58. The van der Waals surface area contributed by atoms with Gasteiger partial charge in [0.1, 0.15) is 40.5 Å². The summed E-state index contributed by atoms with van der Waals surface area (Å²) in [6, 6.07) is 36.7. The summed E-state index contributed by atoms with van der Waals surface area (Å²) >= 11 is 0. The summed E-state index contributed by atoms with van der Waals surface area (Å²) in [4.78, 5) is 0. The fourth-order valence-corrected chi connectivity index (χ4v) is 7.70. The van der Waals surface area contributed by atoms with E-state index in [0.717, 1.165) is 15.9 Å². The van der Waals surface area contributed by atoms with Crippen molar-refractivity contribution in [1.29, 1.82) is 0 Å². The van der Waals surface area contributed by atoms with E-state index in [9.17, 15) is 5.11 Å². The molecule has 0 radical (unpaired) electrons. The Hall–Kier alpha value is -3.55. The minimum Gasteiger partial charge on any atom is -0.504 e. The summed E-state index contributed by atoms with van der Waals surface area (Å²) in [6.45, 7) is 0. The quantitative estimate of drug-likeness (QED) is 0.302. The monoisotopic (exact) mass is 441 g/mol. The molecule has 0 fully saturated rings. The van der Waals surface area contributed by atoms with Crippen LogP contribution in [0.3, 0.4) is 0 Å². The molecule has 0 spiro atoms. The molecule has 4 heteroatoms. The molecule has 4 aromatic carbocycles. The second-order valence-electron chi connectivity index (χ2n) is 7.31. The van der Waals surface area contributed by atoms with Gasteiger partial charge in [0.25, 0.3) is 0 Å². The summed E-state index contributed by atoms with van der Waals surface area (Å²) < 4.78 is 10.9. The van der Waals surface area contributed by atoms with Gasteiger partial charge < -0.3 is 14.6 Å². The fourth-order valence-electron chi connectivity index (χ4n) is 3.92. The Bertz CT molecular complexity index is 1090. The van der Waals surface area contributed by atoms with E-state index in [1.165, 1.54) is 0 Å². The van der Waals surface area contributed by atoms with Crippen LogP contribution in [0.4, 0.5) is 0 Å². The second-order valence-corrected chi connectivity index (χ2v) is 10.6. The molecule has 0 amide bonds. The van der Waals surface area contributed by atoms with Crippen molar-refractivity contribution in [2.75, 3.05) is 14.2 Å². The Morgan fingerprint density at radius 2 is 1.12 bits per heavy atom. The van der Waals surface area contributed by atoms with E-state index in [1.54, 1.807) is 20.3 Å². The summed E-state index contributed by atoms with van der Waals surface area (Å²) in [5.74, 6) is 3.44. The number of rotatable bonds is 7. The van der Waals surface area contributed by atoms with E-state index in [1.807, 2.05) is 36.1 Å². The van der Waals surface area contributed by atoms with Gasteiger partial charge in [-0.2, -0.15) is 0 Å². The van der Waals surface area contributed by atoms with Gasteiger partial charge >= 0.3 is 0 Å². The Labute approximate surface area is 189 Å². The van der Waals surface area contributed by atoms with Crippen LogP contribution in [0, 0.1) is 0 Å². The van der Waals surface area contributed by atoms with Crippen LogP contribution in [0.5, 0.6) is 11.5 Å². The highest BCUT2D eigenvalue weighted by molar-refractivity contribution is 7.98. The highest BCUT2D eigenvalue weighted by Gasteiger charge is 2.44. The van der Waals surface area contributed by atoms with Gasteiger partial charge in [-0.25, -0.2) is 0 Å². The average Bonchev–Trinajstić information content (AvgIpc) is 2.88. The first-order chi connectivity index (χ1) is 15.7. The van der Waals surface area contributed by atoms with Crippen LogP contribution in [-0.2, 0) is 0 Å². The third-order valence-electron chi connectivity index (χ3n) is 5.49. The number of hydrogen-bond donors (Lipinski definition) is 1. The van der Waals surface area contributed by atoms with Crippen molar-refractivity contribution in [2.45, 2.75) is 0 Å². The van der Waals surface area contributed by atoms with E-state index >= 15 is 0 Å². The Kier molecular flexibility index (Phi) is 6.58. The minimum atomic E-state index is -2.32. The topological polar surface area (TPSA) is 38.7 Å². The van der Waals surface area contributed by atoms with Gasteiger partial charge in [-0.1, -0.05) is 54.6 Å². The molecule has 0 aliphatic rings. The van der Waals surface area contributed by atoms with Crippen LogP contribution < -0.4 is 25.4 Å². The van der Waals surface area contributed by atoms with Crippen LogP contribution in [0.1, 0.15) is 5.56 Å². The lowest BCUT2D eigenvalue weighted by Crippen LogP contribution is -2.29. The predicted octanol–water partition coefficient (Wildman–Crippen LogP) is 5.55. The molecule has 0 aliphatic carbocycles. The average molecular weight is 441 g/mol. The maximum atomic E-state index is 11.5. The molecular formula is C28H26O3P+. The molecule has 4 rings (SSSR count). The van der Waals surface area contributed by atoms with Gasteiger partial charge in [-0.3, -0.25) is 0 Å². The van der Waals surface area contributed by atoms with Crippen molar-refractivity contribution in [3.63, 3.8) is 0 Å². The number of hydrogen-bond acceptors (Lipinski definition) is 3. The molecular weight excluding hydrogens is 415 g/mol. The number of ether oxygens (including phenoxy) is 2.